The van der Waals surface area contributed by atoms with E-state index in [1.165, 1.54) is 24.4 Å². The third-order valence-electron chi connectivity index (χ3n) is 2.26. The van der Waals surface area contributed by atoms with Crippen molar-refractivity contribution in [3.63, 3.8) is 0 Å². The second-order valence-corrected chi connectivity index (χ2v) is 4.59. The molecule has 2 N–H and O–H groups in total. The van der Waals surface area contributed by atoms with Crippen LogP contribution in [0.15, 0.2) is 45.3 Å². The molecule has 0 saturated carbocycles. The molecule has 0 bridgehead atoms. The van der Waals surface area contributed by atoms with E-state index < -0.39 is 4.92 Å². The number of aromatic nitrogens is 2. The Labute approximate surface area is 111 Å². The van der Waals surface area contributed by atoms with Gasteiger partial charge in [-0.1, -0.05) is 6.07 Å². The average molecular weight is 279 g/mol. The summed E-state index contributed by atoms with van der Waals surface area (Å²) < 4.78 is 0. The fourth-order valence-electron chi connectivity index (χ4n) is 1.40. The van der Waals surface area contributed by atoms with Crippen LogP contribution in [0.2, 0.25) is 0 Å². The molecular weight excluding hydrogens is 270 g/mol. The van der Waals surface area contributed by atoms with Gasteiger partial charge in [-0.05, 0) is 23.4 Å². The second kappa shape index (κ2) is 5.63. The van der Waals surface area contributed by atoms with Gasteiger partial charge in [-0.15, -0.1) is 0 Å². The number of hydrogen-bond donors (Lipinski definition) is 2. The van der Waals surface area contributed by atoms with Crippen molar-refractivity contribution in [2.24, 2.45) is 0 Å². The Bertz CT molecular complexity index is 671. The Morgan fingerprint density at radius 1 is 1.42 bits per heavy atom. The lowest BCUT2D eigenvalue weighted by Gasteiger charge is -2.03. The number of aliphatic hydroxyl groups excluding tert-OH is 1. The lowest BCUT2D eigenvalue weighted by molar-refractivity contribution is -0.387. The van der Waals surface area contributed by atoms with E-state index in [1.54, 1.807) is 6.07 Å². The van der Waals surface area contributed by atoms with Gasteiger partial charge < -0.3 is 10.1 Å². The maximum Gasteiger partial charge on any atom is 0.283 e. The van der Waals surface area contributed by atoms with Gasteiger partial charge in [-0.2, -0.15) is 0 Å². The second-order valence-electron chi connectivity index (χ2n) is 3.56. The summed E-state index contributed by atoms with van der Waals surface area (Å²) in [6.45, 7) is -0.272. The van der Waals surface area contributed by atoms with E-state index in [4.69, 9.17) is 5.11 Å². The van der Waals surface area contributed by atoms with Crippen molar-refractivity contribution in [3.05, 3.63) is 56.5 Å². The Balaban J connectivity index is 2.39. The number of benzene rings is 1. The Hall–Kier alpha value is -2.19. The SMILES string of the molecule is O=c1ccnc(Sc2ccc(CO)cc2[N+](=O)[O-])[nH]1. The third-order valence-corrected chi connectivity index (χ3v) is 3.22. The molecule has 0 atom stereocenters. The fourth-order valence-corrected chi connectivity index (χ4v) is 2.25. The van der Waals surface area contributed by atoms with Crippen molar-refractivity contribution in [2.45, 2.75) is 16.7 Å². The maximum absolute atomic E-state index is 11.1. The molecule has 0 amide bonds. The smallest absolute Gasteiger partial charge is 0.283 e. The zero-order valence-electron chi connectivity index (χ0n) is 9.57. The molecule has 7 nitrogen and oxygen atoms in total. The summed E-state index contributed by atoms with van der Waals surface area (Å²) in [6.07, 6.45) is 1.33. The first-order valence-electron chi connectivity index (χ1n) is 5.21. The molecule has 1 aromatic carbocycles. The zero-order chi connectivity index (χ0) is 13.8. The van der Waals surface area contributed by atoms with Crippen LogP contribution in [-0.2, 0) is 6.61 Å². The lowest BCUT2D eigenvalue weighted by Crippen LogP contribution is -2.05. The van der Waals surface area contributed by atoms with E-state index in [2.05, 4.69) is 9.97 Å². The van der Waals surface area contributed by atoms with Gasteiger partial charge in [0.15, 0.2) is 5.16 Å². The van der Waals surface area contributed by atoms with Crippen LogP contribution in [-0.4, -0.2) is 20.0 Å². The van der Waals surface area contributed by atoms with Gasteiger partial charge in [0.2, 0.25) is 0 Å². The van der Waals surface area contributed by atoms with Gasteiger partial charge in [0.05, 0.1) is 16.4 Å². The van der Waals surface area contributed by atoms with Crippen LogP contribution >= 0.6 is 11.8 Å². The van der Waals surface area contributed by atoms with E-state index in [0.29, 0.717) is 10.5 Å². The number of nitro groups is 1. The van der Waals surface area contributed by atoms with E-state index in [1.807, 2.05) is 0 Å². The minimum Gasteiger partial charge on any atom is -0.392 e. The van der Waals surface area contributed by atoms with E-state index in [-0.39, 0.29) is 23.0 Å². The molecule has 1 aromatic heterocycles. The highest BCUT2D eigenvalue weighted by Gasteiger charge is 2.16. The predicted octanol–water partition coefficient (Wildman–Crippen LogP) is 1.32. The molecule has 19 heavy (non-hydrogen) atoms. The van der Waals surface area contributed by atoms with E-state index >= 15 is 0 Å². The van der Waals surface area contributed by atoms with Crippen LogP contribution in [0.1, 0.15) is 5.56 Å². The number of hydrogen-bond acceptors (Lipinski definition) is 6. The highest BCUT2D eigenvalue weighted by atomic mass is 32.2. The third kappa shape index (κ3) is 3.18. The van der Waals surface area contributed by atoms with Crippen molar-refractivity contribution < 1.29 is 10.0 Å². The quantitative estimate of drug-likeness (QED) is 0.496. The number of aliphatic hydroxyl groups is 1. The molecular formula is C11H9N3O4S. The Kier molecular flexibility index (Phi) is 3.93. The van der Waals surface area contributed by atoms with Crippen molar-refractivity contribution >= 4 is 17.4 Å². The van der Waals surface area contributed by atoms with Crippen molar-refractivity contribution in [2.75, 3.05) is 0 Å². The number of rotatable bonds is 4. The number of H-pyrrole nitrogens is 1. The molecule has 0 unspecified atom stereocenters. The summed E-state index contributed by atoms with van der Waals surface area (Å²) in [7, 11) is 0. The van der Waals surface area contributed by atoms with Crippen molar-refractivity contribution in [1.82, 2.24) is 9.97 Å². The summed E-state index contributed by atoms with van der Waals surface area (Å²) in [6, 6.07) is 5.65. The largest absolute Gasteiger partial charge is 0.392 e. The minimum absolute atomic E-state index is 0.136. The predicted molar refractivity (Wildman–Crippen MR) is 68.0 cm³/mol. The summed E-state index contributed by atoms with van der Waals surface area (Å²) in [5.41, 5.74) is -0.0132. The normalized spacial score (nSPS) is 10.4. The van der Waals surface area contributed by atoms with Crippen LogP contribution in [0.25, 0.3) is 0 Å². The first-order valence-corrected chi connectivity index (χ1v) is 6.03. The van der Waals surface area contributed by atoms with Crippen LogP contribution in [0, 0.1) is 10.1 Å². The van der Waals surface area contributed by atoms with Crippen LogP contribution in [0.5, 0.6) is 0 Å². The topological polar surface area (TPSA) is 109 Å². The monoisotopic (exact) mass is 279 g/mol. The van der Waals surface area contributed by atoms with E-state index in [9.17, 15) is 14.9 Å². The maximum atomic E-state index is 11.1. The van der Waals surface area contributed by atoms with E-state index in [0.717, 1.165) is 11.8 Å². The van der Waals surface area contributed by atoms with Gasteiger partial charge in [0, 0.05) is 18.3 Å². The minimum atomic E-state index is -0.539. The standard InChI is InChI=1S/C11H9N3O4S/c15-6-7-1-2-9(8(5-7)14(17)18)19-11-12-4-3-10(16)13-11/h1-5,15H,6H2,(H,12,13,16). The molecule has 2 rings (SSSR count). The summed E-state index contributed by atoms with van der Waals surface area (Å²) in [5, 5.41) is 20.2. The molecule has 0 spiro atoms. The average Bonchev–Trinajstić information content (AvgIpc) is 2.39. The first kappa shape index (κ1) is 13.2. The summed E-state index contributed by atoms with van der Waals surface area (Å²) in [4.78, 5) is 28.3. The van der Waals surface area contributed by atoms with Crippen LogP contribution in [0.3, 0.4) is 0 Å². The number of nitrogens with one attached hydrogen (secondary N) is 1. The van der Waals surface area contributed by atoms with Crippen molar-refractivity contribution in [1.29, 1.82) is 0 Å². The summed E-state index contributed by atoms with van der Waals surface area (Å²) in [5.74, 6) is 0. The van der Waals surface area contributed by atoms with Gasteiger partial charge in [0.25, 0.3) is 11.2 Å². The van der Waals surface area contributed by atoms with Gasteiger partial charge in [0.1, 0.15) is 0 Å². The molecule has 0 aliphatic carbocycles. The zero-order valence-corrected chi connectivity index (χ0v) is 10.4. The fraction of sp³-hybridized carbons (Fsp3) is 0.0909. The van der Waals surface area contributed by atoms with Gasteiger partial charge >= 0.3 is 0 Å². The number of nitrogens with zero attached hydrogens (tertiary/aromatic N) is 2. The first-order chi connectivity index (χ1) is 9.10. The molecule has 0 aliphatic heterocycles. The molecule has 0 fully saturated rings. The molecule has 0 aliphatic rings. The van der Waals surface area contributed by atoms with Gasteiger partial charge in [-0.3, -0.25) is 14.9 Å². The van der Waals surface area contributed by atoms with Crippen molar-refractivity contribution in [3.8, 4) is 0 Å². The Morgan fingerprint density at radius 2 is 2.21 bits per heavy atom. The molecule has 0 radical (unpaired) electrons. The number of nitro benzene ring substituents is 1. The molecule has 0 saturated heterocycles. The molecule has 98 valence electrons. The number of aromatic amines is 1. The molecule has 2 aromatic rings. The molecule has 8 heteroatoms. The van der Waals surface area contributed by atoms with Gasteiger partial charge in [-0.25, -0.2) is 4.98 Å². The Morgan fingerprint density at radius 3 is 2.84 bits per heavy atom. The summed E-state index contributed by atoms with van der Waals surface area (Å²) >= 11 is 0.986. The van der Waals surface area contributed by atoms with Crippen LogP contribution < -0.4 is 5.56 Å². The molecule has 1 heterocycles. The highest BCUT2D eigenvalue weighted by molar-refractivity contribution is 7.99. The highest BCUT2D eigenvalue weighted by Crippen LogP contribution is 2.33. The lowest BCUT2D eigenvalue weighted by atomic mass is 10.2. The van der Waals surface area contributed by atoms with Crippen LogP contribution in [0.4, 0.5) is 5.69 Å².